The first-order chi connectivity index (χ1) is 14.1. The SMILES string of the molecule is Cc1ccccc1Cn1cc(/C=N/NC(=O)c2ccccc2Br)c2ccccc21. The average molecular weight is 446 g/mol. The summed E-state index contributed by atoms with van der Waals surface area (Å²) in [5, 5.41) is 5.29. The Morgan fingerprint density at radius 2 is 1.76 bits per heavy atom. The molecule has 29 heavy (non-hydrogen) atoms. The monoisotopic (exact) mass is 445 g/mol. The van der Waals surface area contributed by atoms with E-state index in [4.69, 9.17) is 0 Å². The molecule has 0 saturated heterocycles. The van der Waals surface area contributed by atoms with Gasteiger partial charge in [-0.2, -0.15) is 5.10 Å². The van der Waals surface area contributed by atoms with Gasteiger partial charge in [-0.15, -0.1) is 0 Å². The third-order valence-corrected chi connectivity index (χ3v) is 5.60. The molecule has 1 N–H and O–H groups in total. The van der Waals surface area contributed by atoms with E-state index in [9.17, 15) is 4.79 Å². The molecule has 0 fully saturated rings. The maximum Gasteiger partial charge on any atom is 0.272 e. The highest BCUT2D eigenvalue weighted by Gasteiger charge is 2.10. The Labute approximate surface area is 178 Å². The number of amides is 1. The highest BCUT2D eigenvalue weighted by Crippen LogP contribution is 2.22. The van der Waals surface area contributed by atoms with Crippen LogP contribution in [0.5, 0.6) is 0 Å². The smallest absolute Gasteiger partial charge is 0.272 e. The number of halogens is 1. The molecule has 0 radical (unpaired) electrons. The summed E-state index contributed by atoms with van der Waals surface area (Å²) in [4.78, 5) is 12.3. The molecule has 1 aromatic heterocycles. The van der Waals surface area contributed by atoms with E-state index in [-0.39, 0.29) is 5.91 Å². The second-order valence-corrected chi connectivity index (χ2v) is 7.69. The minimum Gasteiger partial charge on any atom is -0.342 e. The van der Waals surface area contributed by atoms with Gasteiger partial charge in [-0.1, -0.05) is 54.6 Å². The van der Waals surface area contributed by atoms with Crippen LogP contribution >= 0.6 is 15.9 Å². The van der Waals surface area contributed by atoms with Gasteiger partial charge in [0.25, 0.3) is 5.91 Å². The molecule has 0 unspecified atom stereocenters. The number of aryl methyl sites for hydroxylation is 1. The van der Waals surface area contributed by atoms with Crippen LogP contribution in [-0.2, 0) is 6.54 Å². The molecule has 1 amide bonds. The van der Waals surface area contributed by atoms with Crippen molar-refractivity contribution in [3.05, 3.63) is 106 Å². The van der Waals surface area contributed by atoms with Crippen molar-refractivity contribution in [3.63, 3.8) is 0 Å². The lowest BCUT2D eigenvalue weighted by Crippen LogP contribution is -2.18. The van der Waals surface area contributed by atoms with Gasteiger partial charge in [0, 0.05) is 33.7 Å². The first-order valence-corrected chi connectivity index (χ1v) is 10.1. The van der Waals surface area contributed by atoms with Crippen molar-refractivity contribution in [1.29, 1.82) is 0 Å². The number of nitrogens with zero attached hydrogens (tertiary/aromatic N) is 2. The predicted molar refractivity (Wildman–Crippen MR) is 121 cm³/mol. The quantitative estimate of drug-likeness (QED) is 0.318. The molecule has 0 aliphatic rings. The van der Waals surface area contributed by atoms with Crippen LogP contribution in [0.4, 0.5) is 0 Å². The third-order valence-electron chi connectivity index (χ3n) is 4.91. The second-order valence-electron chi connectivity index (χ2n) is 6.83. The number of carbonyl (C=O) groups excluding carboxylic acids is 1. The lowest BCUT2D eigenvalue weighted by molar-refractivity contribution is 0.0954. The van der Waals surface area contributed by atoms with Gasteiger partial charge >= 0.3 is 0 Å². The molecule has 1 heterocycles. The number of hydrazone groups is 1. The van der Waals surface area contributed by atoms with E-state index in [1.165, 1.54) is 11.1 Å². The Balaban J connectivity index is 1.59. The highest BCUT2D eigenvalue weighted by atomic mass is 79.9. The maximum atomic E-state index is 12.3. The van der Waals surface area contributed by atoms with Crippen molar-refractivity contribution in [2.24, 2.45) is 5.10 Å². The zero-order valence-corrected chi connectivity index (χ0v) is 17.6. The van der Waals surface area contributed by atoms with Crippen LogP contribution in [0.2, 0.25) is 0 Å². The summed E-state index contributed by atoms with van der Waals surface area (Å²) in [5.74, 6) is -0.252. The number of aromatic nitrogens is 1. The highest BCUT2D eigenvalue weighted by molar-refractivity contribution is 9.10. The van der Waals surface area contributed by atoms with Crippen LogP contribution in [0.1, 0.15) is 27.0 Å². The lowest BCUT2D eigenvalue weighted by Gasteiger charge is -2.08. The molecule has 4 nitrogen and oxygen atoms in total. The van der Waals surface area contributed by atoms with Crippen molar-refractivity contribution in [3.8, 4) is 0 Å². The fraction of sp³-hybridized carbons (Fsp3) is 0.0833. The van der Waals surface area contributed by atoms with Gasteiger partial charge in [0.2, 0.25) is 0 Å². The Bertz CT molecular complexity index is 1210. The van der Waals surface area contributed by atoms with Gasteiger partial charge < -0.3 is 4.57 Å². The normalized spacial score (nSPS) is 11.2. The molecule has 4 rings (SSSR count). The first kappa shape index (κ1) is 19.2. The number of benzene rings is 3. The van der Waals surface area contributed by atoms with Gasteiger partial charge in [0.15, 0.2) is 0 Å². The summed E-state index contributed by atoms with van der Waals surface area (Å²) < 4.78 is 2.96. The molecule has 0 aliphatic heterocycles. The first-order valence-electron chi connectivity index (χ1n) is 9.34. The van der Waals surface area contributed by atoms with Crippen LogP contribution in [0.15, 0.2) is 88.6 Å². The van der Waals surface area contributed by atoms with Crippen molar-refractivity contribution in [2.45, 2.75) is 13.5 Å². The molecule has 0 bridgehead atoms. The number of nitrogens with one attached hydrogen (secondary N) is 1. The third kappa shape index (κ3) is 4.15. The Kier molecular flexibility index (Phi) is 5.58. The van der Waals surface area contributed by atoms with Gasteiger partial charge in [-0.05, 0) is 52.2 Å². The van der Waals surface area contributed by atoms with E-state index in [0.717, 1.165) is 27.5 Å². The summed E-state index contributed by atoms with van der Waals surface area (Å²) >= 11 is 3.39. The van der Waals surface area contributed by atoms with E-state index < -0.39 is 0 Å². The van der Waals surface area contributed by atoms with Crippen LogP contribution < -0.4 is 5.43 Å². The minimum absolute atomic E-state index is 0.252. The summed E-state index contributed by atoms with van der Waals surface area (Å²) in [6.07, 6.45) is 3.77. The number of carbonyl (C=O) groups is 1. The summed E-state index contributed by atoms with van der Waals surface area (Å²) in [6, 6.07) is 23.9. The molecule has 144 valence electrons. The van der Waals surface area contributed by atoms with Crippen LogP contribution in [-0.4, -0.2) is 16.7 Å². The molecule has 3 aromatic carbocycles. The van der Waals surface area contributed by atoms with Crippen LogP contribution in [0, 0.1) is 6.92 Å². The van der Waals surface area contributed by atoms with E-state index >= 15 is 0 Å². The van der Waals surface area contributed by atoms with Gasteiger partial charge in [-0.3, -0.25) is 4.79 Å². The molecule has 4 aromatic rings. The number of fused-ring (bicyclic) bond motifs is 1. The fourth-order valence-corrected chi connectivity index (χ4v) is 3.81. The minimum atomic E-state index is -0.252. The average Bonchev–Trinajstić information content (AvgIpc) is 3.08. The number of para-hydroxylation sites is 1. The molecular formula is C24H20BrN3O. The number of hydrogen-bond acceptors (Lipinski definition) is 2. The topological polar surface area (TPSA) is 46.4 Å². The zero-order valence-electron chi connectivity index (χ0n) is 16.0. The molecule has 0 aliphatic carbocycles. The van der Waals surface area contributed by atoms with Crippen LogP contribution in [0.3, 0.4) is 0 Å². The number of rotatable bonds is 5. The summed E-state index contributed by atoms with van der Waals surface area (Å²) in [6.45, 7) is 2.91. The zero-order chi connectivity index (χ0) is 20.2. The fourth-order valence-electron chi connectivity index (χ4n) is 3.35. The maximum absolute atomic E-state index is 12.3. The van der Waals surface area contributed by atoms with Crippen molar-refractivity contribution in [2.75, 3.05) is 0 Å². The molecule has 0 saturated carbocycles. The Morgan fingerprint density at radius 3 is 2.59 bits per heavy atom. The second kappa shape index (κ2) is 8.45. The van der Waals surface area contributed by atoms with Gasteiger partial charge in [0.1, 0.15) is 0 Å². The van der Waals surface area contributed by atoms with Gasteiger partial charge in [0.05, 0.1) is 11.8 Å². The Hall–Kier alpha value is -3.18. The number of hydrogen-bond donors (Lipinski definition) is 1. The molecular weight excluding hydrogens is 426 g/mol. The Morgan fingerprint density at radius 1 is 1.03 bits per heavy atom. The van der Waals surface area contributed by atoms with Crippen LogP contribution in [0.25, 0.3) is 10.9 Å². The van der Waals surface area contributed by atoms with E-state index in [1.54, 1.807) is 12.3 Å². The molecule has 5 heteroatoms. The van der Waals surface area contributed by atoms with E-state index in [0.29, 0.717) is 5.56 Å². The van der Waals surface area contributed by atoms with Crippen molar-refractivity contribution < 1.29 is 4.79 Å². The molecule has 0 atom stereocenters. The van der Waals surface area contributed by atoms with E-state index in [2.05, 4.69) is 80.5 Å². The summed E-state index contributed by atoms with van der Waals surface area (Å²) in [5.41, 5.74) is 7.80. The predicted octanol–water partition coefficient (Wildman–Crippen LogP) is 5.52. The van der Waals surface area contributed by atoms with Gasteiger partial charge in [-0.25, -0.2) is 5.43 Å². The molecule has 0 spiro atoms. The van der Waals surface area contributed by atoms with E-state index in [1.807, 2.05) is 30.3 Å². The van der Waals surface area contributed by atoms with Crippen molar-refractivity contribution in [1.82, 2.24) is 9.99 Å². The summed E-state index contributed by atoms with van der Waals surface area (Å²) in [7, 11) is 0. The standard InChI is InChI=1S/C24H20BrN3O/c1-17-8-2-3-9-18(17)15-28-16-19(20-10-5-7-13-23(20)28)14-26-27-24(29)21-11-4-6-12-22(21)25/h2-14,16H,15H2,1H3,(H,27,29)/b26-14+. The largest absolute Gasteiger partial charge is 0.342 e. The van der Waals surface area contributed by atoms with Crippen molar-refractivity contribution >= 4 is 39.0 Å². The lowest BCUT2D eigenvalue weighted by atomic mass is 10.1.